The number of hydrogen-bond donors (Lipinski definition) is 1. The Morgan fingerprint density at radius 2 is 1.94 bits per heavy atom. The van der Waals surface area contributed by atoms with Crippen molar-refractivity contribution in [2.24, 2.45) is 0 Å². The lowest BCUT2D eigenvalue weighted by atomic mass is 9.88. The minimum atomic E-state index is -5.54. The third-order valence-corrected chi connectivity index (χ3v) is 2.42. The lowest BCUT2D eigenvalue weighted by Gasteiger charge is -2.31. The van der Waals surface area contributed by atoms with Crippen LogP contribution in [0.3, 0.4) is 0 Å². The van der Waals surface area contributed by atoms with Crippen molar-refractivity contribution >= 4 is 0 Å². The predicted octanol–water partition coefficient (Wildman–Crippen LogP) is 2.14. The van der Waals surface area contributed by atoms with E-state index in [0.29, 0.717) is 6.07 Å². The first kappa shape index (κ1) is 11.2. The Labute approximate surface area is 85.4 Å². The SMILES string of the molecule is COc1cc2oc1C(F)(F)[C@@]2(O)C(F)(F)F. The van der Waals surface area contributed by atoms with Crippen LogP contribution in [0, 0.1) is 0 Å². The van der Waals surface area contributed by atoms with E-state index in [4.69, 9.17) is 5.11 Å². The maximum Gasteiger partial charge on any atom is 0.431 e. The van der Waals surface area contributed by atoms with Gasteiger partial charge in [-0.1, -0.05) is 0 Å². The van der Waals surface area contributed by atoms with Gasteiger partial charge in [0.25, 0.3) is 5.60 Å². The molecule has 0 saturated heterocycles. The molecule has 0 radical (unpaired) electrons. The molecule has 0 aliphatic carbocycles. The zero-order valence-corrected chi connectivity index (χ0v) is 7.73. The molecule has 1 aromatic rings. The van der Waals surface area contributed by atoms with Crippen LogP contribution in [0.4, 0.5) is 22.0 Å². The van der Waals surface area contributed by atoms with Gasteiger partial charge >= 0.3 is 12.1 Å². The molecule has 0 fully saturated rings. The van der Waals surface area contributed by atoms with Crippen LogP contribution in [0.25, 0.3) is 0 Å². The van der Waals surface area contributed by atoms with Crippen molar-refractivity contribution < 1.29 is 36.2 Å². The van der Waals surface area contributed by atoms with E-state index in [1.165, 1.54) is 0 Å². The van der Waals surface area contributed by atoms with Crippen LogP contribution in [-0.2, 0) is 11.5 Å². The summed E-state index contributed by atoms with van der Waals surface area (Å²) in [7, 11) is 1.01. The van der Waals surface area contributed by atoms with Crippen molar-refractivity contribution in [2.75, 3.05) is 7.11 Å². The molecule has 0 amide bonds. The quantitative estimate of drug-likeness (QED) is 0.769. The van der Waals surface area contributed by atoms with Gasteiger partial charge in [-0.2, -0.15) is 22.0 Å². The molecule has 3 nitrogen and oxygen atoms in total. The van der Waals surface area contributed by atoms with Gasteiger partial charge < -0.3 is 14.3 Å². The van der Waals surface area contributed by atoms with Crippen LogP contribution < -0.4 is 4.74 Å². The second kappa shape index (κ2) is 2.68. The maximum absolute atomic E-state index is 13.3. The molecule has 0 saturated carbocycles. The van der Waals surface area contributed by atoms with Crippen molar-refractivity contribution in [2.45, 2.75) is 17.7 Å². The highest BCUT2D eigenvalue weighted by molar-refractivity contribution is 5.43. The van der Waals surface area contributed by atoms with Crippen LogP contribution in [0.5, 0.6) is 5.75 Å². The molecule has 0 aromatic carbocycles. The highest BCUT2D eigenvalue weighted by Crippen LogP contribution is 2.62. The number of ether oxygens (including phenoxy) is 1. The minimum absolute atomic E-state index is 0.520. The second-order valence-electron chi connectivity index (χ2n) is 3.29. The Balaban J connectivity index is 2.64. The number of fused-ring (bicyclic) bond motifs is 2. The molecular weight excluding hydrogens is 239 g/mol. The number of furan rings is 1. The first-order valence-electron chi connectivity index (χ1n) is 4.02. The molecular formula is C8H5F5O3. The first-order valence-corrected chi connectivity index (χ1v) is 4.02. The molecule has 2 rings (SSSR count). The van der Waals surface area contributed by atoms with Crippen molar-refractivity contribution in [1.29, 1.82) is 0 Å². The first-order chi connectivity index (χ1) is 7.16. The van der Waals surface area contributed by atoms with Crippen LogP contribution >= 0.6 is 0 Å². The molecule has 8 heteroatoms. The summed E-state index contributed by atoms with van der Waals surface area (Å²) < 4.78 is 72.6. The normalized spacial score (nSPS) is 27.2. The van der Waals surface area contributed by atoms with Crippen molar-refractivity contribution in [3.05, 3.63) is 17.6 Å². The van der Waals surface area contributed by atoms with Gasteiger partial charge in [0.2, 0.25) is 5.76 Å². The Bertz CT molecular complexity index is 435. The van der Waals surface area contributed by atoms with Crippen LogP contribution in [0.1, 0.15) is 11.5 Å². The summed E-state index contributed by atoms with van der Waals surface area (Å²) in [5.41, 5.74) is -4.31. The summed E-state index contributed by atoms with van der Waals surface area (Å²) in [5, 5.41) is 9.10. The van der Waals surface area contributed by atoms with Gasteiger partial charge in [-0.3, -0.25) is 0 Å². The van der Waals surface area contributed by atoms with Crippen molar-refractivity contribution in [1.82, 2.24) is 0 Å². The summed E-state index contributed by atoms with van der Waals surface area (Å²) >= 11 is 0. The summed E-state index contributed by atoms with van der Waals surface area (Å²) in [6.45, 7) is 0. The molecule has 1 aliphatic rings. The van der Waals surface area contributed by atoms with E-state index < -0.39 is 35.0 Å². The Morgan fingerprint density at radius 3 is 2.31 bits per heavy atom. The number of rotatable bonds is 1. The van der Waals surface area contributed by atoms with Gasteiger partial charge in [0.15, 0.2) is 11.5 Å². The van der Waals surface area contributed by atoms with Gasteiger partial charge in [-0.15, -0.1) is 0 Å². The second-order valence-corrected chi connectivity index (χ2v) is 3.29. The summed E-state index contributed by atoms with van der Waals surface area (Å²) in [6.07, 6.45) is -5.54. The molecule has 1 aromatic heterocycles. The number of aliphatic hydroxyl groups is 1. The minimum Gasteiger partial charge on any atom is -0.493 e. The lowest BCUT2D eigenvalue weighted by Crippen LogP contribution is -2.52. The number of alkyl halides is 5. The third-order valence-electron chi connectivity index (χ3n) is 2.42. The molecule has 1 atom stereocenters. The number of halogens is 5. The van der Waals surface area contributed by atoms with E-state index in [1.807, 2.05) is 0 Å². The van der Waals surface area contributed by atoms with Crippen LogP contribution in [0.2, 0.25) is 0 Å². The van der Waals surface area contributed by atoms with E-state index >= 15 is 0 Å². The van der Waals surface area contributed by atoms with Gasteiger partial charge in [-0.05, 0) is 0 Å². The van der Waals surface area contributed by atoms with E-state index in [2.05, 4.69) is 9.15 Å². The molecule has 0 unspecified atom stereocenters. The Kier molecular flexibility index (Phi) is 1.87. The molecule has 16 heavy (non-hydrogen) atoms. The highest BCUT2D eigenvalue weighted by Gasteiger charge is 2.78. The lowest BCUT2D eigenvalue weighted by molar-refractivity contribution is -0.342. The smallest absolute Gasteiger partial charge is 0.431 e. The third kappa shape index (κ3) is 0.952. The zero-order chi connectivity index (χ0) is 12.4. The van der Waals surface area contributed by atoms with E-state index in [1.54, 1.807) is 0 Å². The standard InChI is InChI=1S/C8H5F5O3/c1-15-3-2-4-6(14,8(11,12)13)7(9,10)5(3)16-4/h2,14H,1H3/t6-/m1/s1. The monoisotopic (exact) mass is 244 g/mol. The van der Waals surface area contributed by atoms with Crippen molar-refractivity contribution in [3.63, 3.8) is 0 Å². The molecule has 2 heterocycles. The average Bonchev–Trinajstić information content (AvgIpc) is 2.64. The highest BCUT2D eigenvalue weighted by atomic mass is 19.4. The fourth-order valence-corrected chi connectivity index (χ4v) is 1.56. The number of hydrogen-bond acceptors (Lipinski definition) is 3. The number of methoxy groups -OCH3 is 1. The maximum atomic E-state index is 13.3. The molecule has 0 spiro atoms. The molecule has 1 N–H and O–H groups in total. The van der Waals surface area contributed by atoms with E-state index in [0.717, 1.165) is 7.11 Å². The summed E-state index contributed by atoms with van der Waals surface area (Å²) in [4.78, 5) is 0. The van der Waals surface area contributed by atoms with Gasteiger partial charge in [0.05, 0.1) is 7.11 Å². The van der Waals surface area contributed by atoms with Gasteiger partial charge in [0, 0.05) is 6.07 Å². The fourth-order valence-electron chi connectivity index (χ4n) is 1.56. The fraction of sp³-hybridized carbons (Fsp3) is 0.500. The van der Waals surface area contributed by atoms with Gasteiger partial charge in [0.1, 0.15) is 0 Å². The Morgan fingerprint density at radius 1 is 1.38 bits per heavy atom. The zero-order valence-electron chi connectivity index (χ0n) is 7.73. The summed E-state index contributed by atoms with van der Waals surface area (Å²) in [5.74, 6) is -7.68. The topological polar surface area (TPSA) is 42.6 Å². The summed E-state index contributed by atoms with van der Waals surface area (Å²) in [6, 6.07) is 0.597. The molecule has 90 valence electrons. The van der Waals surface area contributed by atoms with Gasteiger partial charge in [-0.25, -0.2) is 0 Å². The van der Waals surface area contributed by atoms with Crippen LogP contribution in [-0.4, -0.2) is 18.4 Å². The Hall–Kier alpha value is -1.31. The van der Waals surface area contributed by atoms with E-state index in [-0.39, 0.29) is 0 Å². The predicted molar refractivity (Wildman–Crippen MR) is 39.1 cm³/mol. The van der Waals surface area contributed by atoms with Crippen molar-refractivity contribution in [3.8, 4) is 5.75 Å². The molecule has 2 bridgehead atoms. The molecule has 1 aliphatic heterocycles. The van der Waals surface area contributed by atoms with Crippen LogP contribution in [0.15, 0.2) is 10.5 Å². The van der Waals surface area contributed by atoms with E-state index in [9.17, 15) is 22.0 Å². The largest absolute Gasteiger partial charge is 0.493 e. The average molecular weight is 244 g/mol.